The third-order valence-electron chi connectivity index (χ3n) is 5.48. The highest BCUT2D eigenvalue weighted by Gasteiger charge is 2.20. The number of rotatable bonds is 4. The average molecular weight is 405 g/mol. The third-order valence-corrected chi connectivity index (χ3v) is 6.86. The standard InChI is InChI=1S/C24H21FN2OS/c25-18-7-9-19(10-8-18)29(28)20-11-12-24(27-13-3-4-14-27)21(16-20)23-15-17-5-1-2-6-22(17)26-23/h1-2,5-12,15-16,26H,3-4,13-14H2/t29-/m1/s1. The molecule has 0 spiro atoms. The molecule has 0 unspecified atom stereocenters. The molecule has 0 aliphatic carbocycles. The largest absolute Gasteiger partial charge is 0.371 e. The van der Waals surface area contributed by atoms with Crippen molar-refractivity contribution in [2.24, 2.45) is 0 Å². The number of hydrogen-bond acceptors (Lipinski definition) is 2. The number of aromatic nitrogens is 1. The van der Waals surface area contributed by atoms with E-state index in [1.165, 1.54) is 25.0 Å². The van der Waals surface area contributed by atoms with Crippen molar-refractivity contribution in [2.75, 3.05) is 18.0 Å². The van der Waals surface area contributed by atoms with Gasteiger partial charge in [-0.25, -0.2) is 8.60 Å². The van der Waals surface area contributed by atoms with E-state index in [1.54, 1.807) is 12.1 Å². The SMILES string of the molecule is O=[S@](c1ccc(F)cc1)c1ccc(N2CCCC2)c(-c2cc3ccccc3[nH]2)c1. The molecular weight excluding hydrogens is 383 g/mol. The highest BCUT2D eigenvalue weighted by atomic mass is 32.2. The summed E-state index contributed by atoms with van der Waals surface area (Å²) in [5.41, 5.74) is 4.32. The van der Waals surface area contributed by atoms with Gasteiger partial charge in [-0.15, -0.1) is 0 Å². The lowest BCUT2D eigenvalue weighted by Gasteiger charge is -2.21. The first kappa shape index (κ1) is 18.1. The molecule has 4 aromatic rings. The van der Waals surface area contributed by atoms with Crippen LogP contribution in [0.3, 0.4) is 0 Å². The molecule has 0 saturated carbocycles. The molecule has 3 aromatic carbocycles. The minimum absolute atomic E-state index is 0.325. The van der Waals surface area contributed by atoms with Gasteiger partial charge in [-0.1, -0.05) is 18.2 Å². The number of halogens is 1. The first-order valence-corrected chi connectivity index (χ1v) is 11.0. The Morgan fingerprint density at radius 3 is 2.34 bits per heavy atom. The molecule has 146 valence electrons. The van der Waals surface area contributed by atoms with Crippen molar-refractivity contribution >= 4 is 27.4 Å². The molecular formula is C24H21FN2OS. The first-order chi connectivity index (χ1) is 14.2. The fourth-order valence-corrected chi connectivity index (χ4v) is 5.06. The lowest BCUT2D eigenvalue weighted by molar-refractivity contribution is 0.626. The second-order valence-corrected chi connectivity index (χ2v) is 8.85. The lowest BCUT2D eigenvalue weighted by atomic mass is 10.1. The lowest BCUT2D eigenvalue weighted by Crippen LogP contribution is -2.18. The first-order valence-electron chi connectivity index (χ1n) is 9.83. The van der Waals surface area contributed by atoms with E-state index in [1.807, 2.05) is 24.3 Å². The second kappa shape index (κ2) is 7.48. The molecule has 1 saturated heterocycles. The van der Waals surface area contributed by atoms with Crippen LogP contribution in [0.25, 0.3) is 22.2 Å². The van der Waals surface area contributed by atoms with Crippen LogP contribution in [0.1, 0.15) is 12.8 Å². The topological polar surface area (TPSA) is 36.1 Å². The predicted octanol–water partition coefficient (Wildman–Crippen LogP) is 5.74. The summed E-state index contributed by atoms with van der Waals surface area (Å²) in [7, 11) is -1.37. The smallest absolute Gasteiger partial charge is 0.123 e. The maximum absolute atomic E-state index is 13.3. The van der Waals surface area contributed by atoms with E-state index in [0.717, 1.165) is 40.9 Å². The number of H-pyrrole nitrogens is 1. The number of benzene rings is 3. The summed E-state index contributed by atoms with van der Waals surface area (Å²) in [5, 5.41) is 1.15. The Balaban J connectivity index is 1.62. The van der Waals surface area contributed by atoms with E-state index in [0.29, 0.717) is 9.79 Å². The van der Waals surface area contributed by atoms with Gasteiger partial charge in [0.2, 0.25) is 0 Å². The van der Waals surface area contributed by atoms with Crippen molar-refractivity contribution < 1.29 is 8.60 Å². The summed E-state index contributed by atoms with van der Waals surface area (Å²) < 4.78 is 26.4. The number of aromatic amines is 1. The fourth-order valence-electron chi connectivity index (χ4n) is 3.99. The Bertz CT molecular complexity index is 1160. The molecule has 1 aliphatic heterocycles. The van der Waals surface area contributed by atoms with Gasteiger partial charge in [-0.2, -0.15) is 0 Å². The number of fused-ring (bicyclic) bond motifs is 1. The van der Waals surface area contributed by atoms with Crippen molar-refractivity contribution in [1.82, 2.24) is 4.98 Å². The van der Waals surface area contributed by atoms with Crippen LogP contribution in [0.2, 0.25) is 0 Å². The van der Waals surface area contributed by atoms with Crippen LogP contribution in [0.15, 0.2) is 82.6 Å². The molecule has 1 fully saturated rings. The number of nitrogens with one attached hydrogen (secondary N) is 1. The Labute approximate surface area is 171 Å². The van der Waals surface area contributed by atoms with Crippen LogP contribution in [0.4, 0.5) is 10.1 Å². The minimum Gasteiger partial charge on any atom is -0.371 e. The molecule has 0 radical (unpaired) electrons. The van der Waals surface area contributed by atoms with Gasteiger partial charge in [0.1, 0.15) is 5.82 Å². The van der Waals surface area contributed by atoms with Crippen LogP contribution in [0.5, 0.6) is 0 Å². The van der Waals surface area contributed by atoms with Crippen molar-refractivity contribution in [1.29, 1.82) is 0 Å². The highest BCUT2D eigenvalue weighted by molar-refractivity contribution is 7.85. The molecule has 0 bridgehead atoms. The van der Waals surface area contributed by atoms with Gasteiger partial charge in [-0.3, -0.25) is 0 Å². The van der Waals surface area contributed by atoms with Crippen LogP contribution < -0.4 is 4.90 Å². The number of nitrogens with zero attached hydrogens (tertiary/aromatic N) is 1. The van der Waals surface area contributed by atoms with E-state index in [4.69, 9.17) is 0 Å². The summed E-state index contributed by atoms with van der Waals surface area (Å²) >= 11 is 0. The van der Waals surface area contributed by atoms with Crippen LogP contribution in [-0.2, 0) is 10.8 Å². The second-order valence-electron chi connectivity index (χ2n) is 7.37. The van der Waals surface area contributed by atoms with Crippen LogP contribution in [-0.4, -0.2) is 22.3 Å². The molecule has 3 nitrogen and oxygen atoms in total. The van der Waals surface area contributed by atoms with Gasteiger partial charge < -0.3 is 9.88 Å². The average Bonchev–Trinajstić information content (AvgIpc) is 3.43. The molecule has 5 rings (SSSR count). The van der Waals surface area contributed by atoms with Gasteiger partial charge in [-0.05, 0) is 67.4 Å². The zero-order valence-corrected chi connectivity index (χ0v) is 16.7. The predicted molar refractivity (Wildman–Crippen MR) is 116 cm³/mol. The zero-order chi connectivity index (χ0) is 19.8. The van der Waals surface area contributed by atoms with Crippen molar-refractivity contribution in [3.05, 3.63) is 78.6 Å². The van der Waals surface area contributed by atoms with Gasteiger partial charge in [0.25, 0.3) is 0 Å². The quantitative estimate of drug-likeness (QED) is 0.471. The maximum atomic E-state index is 13.3. The Morgan fingerprint density at radius 1 is 0.862 bits per heavy atom. The highest BCUT2D eigenvalue weighted by Crippen LogP contribution is 2.36. The zero-order valence-electron chi connectivity index (χ0n) is 15.9. The summed E-state index contributed by atoms with van der Waals surface area (Å²) in [4.78, 5) is 7.22. The molecule has 0 amide bonds. The summed E-state index contributed by atoms with van der Waals surface area (Å²) in [6, 6.07) is 22.2. The van der Waals surface area contributed by atoms with E-state index < -0.39 is 10.8 Å². The van der Waals surface area contributed by atoms with Gasteiger partial charge in [0.15, 0.2) is 0 Å². The summed E-state index contributed by atoms with van der Waals surface area (Å²) in [5.74, 6) is -0.325. The third kappa shape index (κ3) is 3.47. The van der Waals surface area contributed by atoms with Crippen LogP contribution in [0, 0.1) is 5.82 Å². The van der Waals surface area contributed by atoms with Crippen LogP contribution >= 0.6 is 0 Å². The number of anilines is 1. The molecule has 29 heavy (non-hydrogen) atoms. The Morgan fingerprint density at radius 2 is 1.59 bits per heavy atom. The van der Waals surface area contributed by atoms with E-state index in [9.17, 15) is 8.60 Å². The van der Waals surface area contributed by atoms with Gasteiger partial charge in [0.05, 0.1) is 10.8 Å². The Kier molecular flexibility index (Phi) is 4.68. The van der Waals surface area contributed by atoms with Crippen molar-refractivity contribution in [3.63, 3.8) is 0 Å². The van der Waals surface area contributed by atoms with E-state index >= 15 is 0 Å². The summed E-state index contributed by atoms with van der Waals surface area (Å²) in [6.07, 6.45) is 2.38. The molecule has 1 atom stereocenters. The molecule has 5 heteroatoms. The number of hydrogen-bond donors (Lipinski definition) is 1. The molecule has 1 aliphatic rings. The van der Waals surface area contributed by atoms with Crippen molar-refractivity contribution in [2.45, 2.75) is 22.6 Å². The van der Waals surface area contributed by atoms with Crippen molar-refractivity contribution in [3.8, 4) is 11.3 Å². The number of para-hydroxylation sites is 1. The fraction of sp³-hybridized carbons (Fsp3) is 0.167. The minimum atomic E-state index is -1.37. The monoisotopic (exact) mass is 404 g/mol. The molecule has 1 aromatic heterocycles. The van der Waals surface area contributed by atoms with Gasteiger partial charge >= 0.3 is 0 Å². The normalized spacial score (nSPS) is 15.1. The molecule has 1 N–H and O–H groups in total. The molecule has 2 heterocycles. The van der Waals surface area contributed by atoms with E-state index in [2.05, 4.69) is 34.1 Å². The maximum Gasteiger partial charge on any atom is 0.123 e. The Hall–Kier alpha value is -2.92. The van der Waals surface area contributed by atoms with Gasteiger partial charge in [0, 0.05) is 50.7 Å². The summed E-state index contributed by atoms with van der Waals surface area (Å²) in [6.45, 7) is 2.07. The van der Waals surface area contributed by atoms with E-state index in [-0.39, 0.29) is 5.82 Å².